The molecule has 0 saturated carbocycles. The molecule has 3 aromatic rings. The van der Waals surface area contributed by atoms with Crippen LogP contribution in [0.4, 0.5) is 17.1 Å². The third-order valence-corrected chi connectivity index (χ3v) is 4.08. The van der Waals surface area contributed by atoms with E-state index in [0.717, 1.165) is 29.2 Å². The predicted octanol–water partition coefficient (Wildman–Crippen LogP) is 4.80. The van der Waals surface area contributed by atoms with E-state index in [2.05, 4.69) is 22.1 Å². The molecule has 1 heterocycles. The number of hydrogen-bond donors (Lipinski definition) is 1. The Kier molecular flexibility index (Phi) is 5.09. The Morgan fingerprint density at radius 2 is 1.72 bits per heavy atom. The van der Waals surface area contributed by atoms with E-state index in [4.69, 9.17) is 0 Å². The fourth-order valence-corrected chi connectivity index (χ4v) is 2.73. The van der Waals surface area contributed by atoms with E-state index in [-0.39, 0.29) is 5.91 Å². The van der Waals surface area contributed by atoms with Crippen LogP contribution in [0.15, 0.2) is 73.1 Å². The lowest BCUT2D eigenvalue weighted by atomic mass is 10.1. The number of amides is 1. The molecule has 3 rings (SSSR count). The molecule has 1 N–H and O–H groups in total. The highest BCUT2D eigenvalue weighted by Crippen LogP contribution is 2.25. The van der Waals surface area contributed by atoms with Crippen molar-refractivity contribution in [2.45, 2.75) is 13.8 Å². The number of benzene rings is 2. The maximum absolute atomic E-state index is 12.6. The molecular weight excluding hydrogens is 310 g/mol. The summed E-state index contributed by atoms with van der Waals surface area (Å²) in [6.45, 7) is 4.83. The summed E-state index contributed by atoms with van der Waals surface area (Å²) in [6.07, 6.45) is 3.37. The van der Waals surface area contributed by atoms with Gasteiger partial charge in [-0.05, 0) is 43.7 Å². The predicted molar refractivity (Wildman–Crippen MR) is 102 cm³/mol. The van der Waals surface area contributed by atoms with Crippen LogP contribution in [0.1, 0.15) is 22.8 Å². The average molecular weight is 331 g/mol. The smallest absolute Gasteiger partial charge is 0.257 e. The number of nitrogens with zero attached hydrogens (tertiary/aromatic N) is 2. The van der Waals surface area contributed by atoms with Crippen LogP contribution >= 0.6 is 0 Å². The lowest BCUT2D eigenvalue weighted by molar-refractivity contribution is 0.102. The van der Waals surface area contributed by atoms with E-state index in [9.17, 15) is 4.79 Å². The minimum absolute atomic E-state index is 0.159. The van der Waals surface area contributed by atoms with Gasteiger partial charge in [0.15, 0.2) is 0 Å². The average Bonchev–Trinajstić information content (AvgIpc) is 2.65. The molecule has 0 radical (unpaired) electrons. The summed E-state index contributed by atoms with van der Waals surface area (Å²) < 4.78 is 0. The quantitative estimate of drug-likeness (QED) is 0.730. The number of anilines is 3. The third-order valence-electron chi connectivity index (χ3n) is 4.08. The number of aryl methyl sites for hydroxylation is 1. The minimum Gasteiger partial charge on any atom is -0.340 e. The number of carbonyl (C=O) groups excluding carboxylic acids is 1. The molecule has 0 aliphatic carbocycles. The first-order valence-corrected chi connectivity index (χ1v) is 8.33. The van der Waals surface area contributed by atoms with Crippen molar-refractivity contribution < 1.29 is 4.79 Å². The van der Waals surface area contributed by atoms with Crippen molar-refractivity contribution in [1.82, 2.24) is 4.98 Å². The number of pyridine rings is 1. The van der Waals surface area contributed by atoms with Crippen LogP contribution in [0.2, 0.25) is 0 Å². The highest BCUT2D eigenvalue weighted by atomic mass is 16.1. The molecule has 0 fully saturated rings. The second kappa shape index (κ2) is 7.62. The van der Waals surface area contributed by atoms with Crippen molar-refractivity contribution >= 4 is 23.0 Å². The molecule has 4 heteroatoms. The maximum Gasteiger partial charge on any atom is 0.257 e. The summed E-state index contributed by atoms with van der Waals surface area (Å²) >= 11 is 0. The van der Waals surface area contributed by atoms with Crippen molar-refractivity contribution in [1.29, 1.82) is 0 Å². The molecule has 25 heavy (non-hydrogen) atoms. The normalized spacial score (nSPS) is 10.3. The summed E-state index contributed by atoms with van der Waals surface area (Å²) in [6, 6.07) is 19.7. The molecular formula is C21H21N3O. The number of aromatic nitrogens is 1. The third kappa shape index (κ3) is 3.86. The summed E-state index contributed by atoms with van der Waals surface area (Å²) in [5.41, 5.74) is 4.34. The van der Waals surface area contributed by atoms with E-state index in [1.165, 1.54) is 0 Å². The Morgan fingerprint density at radius 1 is 1.00 bits per heavy atom. The van der Waals surface area contributed by atoms with Crippen LogP contribution in [-0.4, -0.2) is 17.4 Å². The van der Waals surface area contributed by atoms with Gasteiger partial charge in [-0.2, -0.15) is 0 Å². The molecule has 0 atom stereocenters. The molecule has 0 saturated heterocycles. The minimum atomic E-state index is -0.159. The molecule has 126 valence electrons. The van der Waals surface area contributed by atoms with Crippen molar-refractivity contribution in [3.05, 3.63) is 84.2 Å². The van der Waals surface area contributed by atoms with E-state index < -0.39 is 0 Å². The second-order valence-electron chi connectivity index (χ2n) is 5.78. The SMILES string of the molecule is CCN(c1ccccc1)c1cncc(C(=O)Nc2ccccc2C)c1. The zero-order valence-electron chi connectivity index (χ0n) is 14.4. The standard InChI is InChI=1S/C21H21N3O/c1-3-24(18-10-5-4-6-11-18)19-13-17(14-22-15-19)21(25)23-20-12-8-7-9-16(20)2/h4-15H,3H2,1-2H3,(H,23,25). The van der Waals surface area contributed by atoms with Crippen LogP contribution in [0, 0.1) is 6.92 Å². The highest BCUT2D eigenvalue weighted by Gasteiger charge is 2.12. The first kappa shape index (κ1) is 16.7. The molecule has 0 aliphatic heterocycles. The van der Waals surface area contributed by atoms with Crippen molar-refractivity contribution in [3.8, 4) is 0 Å². The van der Waals surface area contributed by atoms with Gasteiger partial charge in [-0.3, -0.25) is 9.78 Å². The number of para-hydroxylation sites is 2. The van der Waals surface area contributed by atoms with Crippen LogP contribution < -0.4 is 10.2 Å². The summed E-state index contributed by atoms with van der Waals surface area (Å²) in [4.78, 5) is 19.0. The number of hydrogen-bond acceptors (Lipinski definition) is 3. The van der Waals surface area contributed by atoms with Crippen LogP contribution in [0.3, 0.4) is 0 Å². The Labute approximate surface area is 148 Å². The molecule has 1 aromatic heterocycles. The van der Waals surface area contributed by atoms with Gasteiger partial charge in [0.2, 0.25) is 0 Å². The maximum atomic E-state index is 12.6. The summed E-state index contributed by atoms with van der Waals surface area (Å²) in [5.74, 6) is -0.159. The zero-order chi connectivity index (χ0) is 17.6. The van der Waals surface area contributed by atoms with Gasteiger partial charge in [-0.1, -0.05) is 36.4 Å². The molecule has 2 aromatic carbocycles. The largest absolute Gasteiger partial charge is 0.340 e. The Morgan fingerprint density at radius 3 is 2.44 bits per heavy atom. The second-order valence-corrected chi connectivity index (χ2v) is 5.78. The lowest BCUT2D eigenvalue weighted by Crippen LogP contribution is -2.18. The summed E-state index contributed by atoms with van der Waals surface area (Å²) in [7, 11) is 0. The summed E-state index contributed by atoms with van der Waals surface area (Å²) in [5, 5.41) is 2.95. The molecule has 0 spiro atoms. The number of rotatable bonds is 5. The molecule has 0 unspecified atom stereocenters. The van der Waals surface area contributed by atoms with Gasteiger partial charge in [-0.15, -0.1) is 0 Å². The number of carbonyl (C=O) groups is 1. The Hall–Kier alpha value is -3.14. The van der Waals surface area contributed by atoms with Gasteiger partial charge < -0.3 is 10.2 Å². The van der Waals surface area contributed by atoms with Crippen molar-refractivity contribution in [2.24, 2.45) is 0 Å². The fraction of sp³-hybridized carbons (Fsp3) is 0.143. The van der Waals surface area contributed by atoms with Gasteiger partial charge in [0.05, 0.1) is 17.4 Å². The van der Waals surface area contributed by atoms with Crippen LogP contribution in [0.25, 0.3) is 0 Å². The lowest BCUT2D eigenvalue weighted by Gasteiger charge is -2.23. The van der Waals surface area contributed by atoms with E-state index >= 15 is 0 Å². The Bertz CT molecular complexity index is 862. The van der Waals surface area contributed by atoms with E-state index in [1.807, 2.05) is 67.6 Å². The van der Waals surface area contributed by atoms with Gasteiger partial charge in [0, 0.05) is 24.1 Å². The highest BCUT2D eigenvalue weighted by molar-refractivity contribution is 6.05. The van der Waals surface area contributed by atoms with E-state index in [0.29, 0.717) is 5.56 Å². The van der Waals surface area contributed by atoms with Crippen LogP contribution in [-0.2, 0) is 0 Å². The van der Waals surface area contributed by atoms with Gasteiger partial charge in [0.1, 0.15) is 0 Å². The van der Waals surface area contributed by atoms with Crippen molar-refractivity contribution in [2.75, 3.05) is 16.8 Å². The van der Waals surface area contributed by atoms with E-state index in [1.54, 1.807) is 12.4 Å². The first-order chi connectivity index (χ1) is 12.2. The fourth-order valence-electron chi connectivity index (χ4n) is 2.73. The number of nitrogens with one attached hydrogen (secondary N) is 1. The van der Waals surface area contributed by atoms with Crippen LogP contribution in [0.5, 0.6) is 0 Å². The van der Waals surface area contributed by atoms with Gasteiger partial charge in [-0.25, -0.2) is 0 Å². The Balaban J connectivity index is 1.86. The monoisotopic (exact) mass is 331 g/mol. The molecule has 0 aliphatic rings. The topological polar surface area (TPSA) is 45.2 Å². The first-order valence-electron chi connectivity index (χ1n) is 8.33. The molecule has 4 nitrogen and oxygen atoms in total. The van der Waals surface area contributed by atoms with Gasteiger partial charge in [0.25, 0.3) is 5.91 Å². The zero-order valence-corrected chi connectivity index (χ0v) is 14.4. The van der Waals surface area contributed by atoms with Crippen molar-refractivity contribution in [3.63, 3.8) is 0 Å². The molecule has 0 bridgehead atoms. The van der Waals surface area contributed by atoms with Gasteiger partial charge >= 0.3 is 0 Å². The molecule has 1 amide bonds.